The Morgan fingerprint density at radius 1 is 1.00 bits per heavy atom. The topological polar surface area (TPSA) is 58.6 Å². The molecule has 5 nitrogen and oxygen atoms in total. The van der Waals surface area contributed by atoms with Crippen LogP contribution in [0.4, 0.5) is 0 Å². The molecule has 2 amide bonds. The number of carbonyl (C=O) groups excluding carboxylic acids is 2. The van der Waals surface area contributed by atoms with E-state index in [1.807, 2.05) is 70.2 Å². The standard InChI is InChI=1S/C25H34N2O3/c1-18(2)16-26-25(29)21(5)27(12-11-22-9-7-6-8-10-22)24(28)17-30-23-14-19(3)13-20(4)15-23/h6-10,13-15,18,21H,11-12,16-17H2,1-5H3,(H,26,29). The van der Waals surface area contributed by atoms with Crippen molar-refractivity contribution in [2.75, 3.05) is 19.7 Å². The third-order valence-corrected chi connectivity index (χ3v) is 4.89. The van der Waals surface area contributed by atoms with Crippen LogP contribution in [-0.4, -0.2) is 42.5 Å². The predicted molar refractivity (Wildman–Crippen MR) is 121 cm³/mol. The number of aryl methyl sites for hydroxylation is 2. The molecule has 0 bridgehead atoms. The van der Waals surface area contributed by atoms with Gasteiger partial charge in [0, 0.05) is 13.1 Å². The zero-order valence-electron chi connectivity index (χ0n) is 18.8. The molecular weight excluding hydrogens is 376 g/mol. The first-order chi connectivity index (χ1) is 14.3. The minimum Gasteiger partial charge on any atom is -0.484 e. The van der Waals surface area contributed by atoms with Gasteiger partial charge in [-0.3, -0.25) is 9.59 Å². The second kappa shape index (κ2) is 11.4. The molecule has 2 aromatic carbocycles. The van der Waals surface area contributed by atoms with Crippen LogP contribution in [0, 0.1) is 19.8 Å². The Morgan fingerprint density at radius 2 is 1.63 bits per heavy atom. The number of carbonyl (C=O) groups is 2. The average molecular weight is 411 g/mol. The molecule has 1 N–H and O–H groups in total. The van der Waals surface area contributed by atoms with Gasteiger partial charge in [0.2, 0.25) is 5.91 Å². The summed E-state index contributed by atoms with van der Waals surface area (Å²) >= 11 is 0. The molecular formula is C25H34N2O3. The Morgan fingerprint density at radius 3 is 2.23 bits per heavy atom. The van der Waals surface area contributed by atoms with E-state index in [2.05, 4.69) is 11.4 Å². The van der Waals surface area contributed by atoms with E-state index < -0.39 is 6.04 Å². The molecule has 0 aliphatic heterocycles. The molecule has 0 spiro atoms. The number of rotatable bonds is 10. The van der Waals surface area contributed by atoms with Crippen molar-refractivity contribution < 1.29 is 14.3 Å². The lowest BCUT2D eigenvalue weighted by Crippen LogP contribution is -2.50. The molecule has 0 radical (unpaired) electrons. The van der Waals surface area contributed by atoms with Gasteiger partial charge in [-0.15, -0.1) is 0 Å². The molecule has 5 heteroatoms. The monoisotopic (exact) mass is 410 g/mol. The van der Waals surface area contributed by atoms with Crippen LogP contribution in [0.15, 0.2) is 48.5 Å². The van der Waals surface area contributed by atoms with E-state index in [4.69, 9.17) is 4.74 Å². The molecule has 2 rings (SSSR count). The fraction of sp³-hybridized carbons (Fsp3) is 0.440. The Kier molecular flexibility index (Phi) is 8.90. The predicted octanol–water partition coefficient (Wildman–Crippen LogP) is 3.91. The molecule has 0 aliphatic carbocycles. The molecule has 0 aliphatic rings. The average Bonchev–Trinajstić information content (AvgIpc) is 2.70. The maximum absolute atomic E-state index is 13.0. The number of hydrogen-bond donors (Lipinski definition) is 1. The zero-order valence-corrected chi connectivity index (χ0v) is 18.8. The summed E-state index contributed by atoms with van der Waals surface area (Å²) in [7, 11) is 0. The van der Waals surface area contributed by atoms with E-state index in [0.717, 1.165) is 16.7 Å². The molecule has 0 heterocycles. The van der Waals surface area contributed by atoms with Gasteiger partial charge < -0.3 is 15.0 Å². The third-order valence-electron chi connectivity index (χ3n) is 4.89. The summed E-state index contributed by atoms with van der Waals surface area (Å²) < 4.78 is 5.77. The molecule has 1 atom stereocenters. The number of hydrogen-bond acceptors (Lipinski definition) is 3. The summed E-state index contributed by atoms with van der Waals surface area (Å²) in [6.07, 6.45) is 0.679. The molecule has 0 fully saturated rings. The van der Waals surface area contributed by atoms with Crippen molar-refractivity contribution >= 4 is 11.8 Å². The van der Waals surface area contributed by atoms with Crippen molar-refractivity contribution in [2.24, 2.45) is 5.92 Å². The highest BCUT2D eigenvalue weighted by Crippen LogP contribution is 2.16. The minimum atomic E-state index is -0.567. The van der Waals surface area contributed by atoms with Crippen LogP contribution < -0.4 is 10.1 Å². The fourth-order valence-corrected chi connectivity index (χ4v) is 3.27. The first-order valence-electron chi connectivity index (χ1n) is 10.6. The van der Waals surface area contributed by atoms with E-state index in [1.165, 1.54) is 0 Å². The van der Waals surface area contributed by atoms with E-state index in [9.17, 15) is 9.59 Å². The lowest BCUT2D eigenvalue weighted by atomic mass is 10.1. The Balaban J connectivity index is 2.07. The summed E-state index contributed by atoms with van der Waals surface area (Å²) in [6.45, 7) is 10.8. The molecule has 0 saturated heterocycles. The summed E-state index contributed by atoms with van der Waals surface area (Å²) in [6, 6.07) is 15.3. The van der Waals surface area contributed by atoms with Gasteiger partial charge in [-0.1, -0.05) is 50.2 Å². The van der Waals surface area contributed by atoms with Crippen LogP contribution in [0.2, 0.25) is 0 Å². The summed E-state index contributed by atoms with van der Waals surface area (Å²) in [4.78, 5) is 27.3. The fourth-order valence-electron chi connectivity index (χ4n) is 3.27. The number of ether oxygens (including phenoxy) is 1. The Labute approximate surface area is 180 Å². The molecule has 0 aromatic heterocycles. The van der Waals surface area contributed by atoms with Gasteiger partial charge in [0.15, 0.2) is 6.61 Å². The summed E-state index contributed by atoms with van der Waals surface area (Å²) in [5, 5.41) is 2.93. The van der Waals surface area contributed by atoms with Gasteiger partial charge in [-0.25, -0.2) is 0 Å². The van der Waals surface area contributed by atoms with Crippen molar-refractivity contribution in [3.63, 3.8) is 0 Å². The molecule has 0 saturated carbocycles. The van der Waals surface area contributed by atoms with Crippen LogP contribution in [0.25, 0.3) is 0 Å². The number of benzene rings is 2. The van der Waals surface area contributed by atoms with Gasteiger partial charge in [-0.2, -0.15) is 0 Å². The van der Waals surface area contributed by atoms with Gasteiger partial charge in [0.05, 0.1) is 0 Å². The first-order valence-corrected chi connectivity index (χ1v) is 10.6. The highest BCUT2D eigenvalue weighted by atomic mass is 16.5. The number of nitrogens with one attached hydrogen (secondary N) is 1. The van der Waals surface area contributed by atoms with E-state index in [1.54, 1.807) is 11.8 Å². The van der Waals surface area contributed by atoms with Crippen LogP contribution in [0.1, 0.15) is 37.5 Å². The van der Waals surface area contributed by atoms with E-state index >= 15 is 0 Å². The van der Waals surface area contributed by atoms with Crippen molar-refractivity contribution in [1.82, 2.24) is 10.2 Å². The van der Waals surface area contributed by atoms with Crippen molar-refractivity contribution in [3.05, 3.63) is 65.2 Å². The van der Waals surface area contributed by atoms with Crippen LogP contribution >= 0.6 is 0 Å². The normalized spacial score (nSPS) is 11.8. The summed E-state index contributed by atoms with van der Waals surface area (Å²) in [5.74, 6) is 0.678. The second-order valence-electron chi connectivity index (χ2n) is 8.25. The largest absolute Gasteiger partial charge is 0.484 e. The van der Waals surface area contributed by atoms with Gasteiger partial charge >= 0.3 is 0 Å². The van der Waals surface area contributed by atoms with E-state index in [-0.39, 0.29) is 18.4 Å². The first kappa shape index (κ1) is 23.5. The van der Waals surface area contributed by atoms with Gasteiger partial charge in [0.1, 0.15) is 11.8 Å². The van der Waals surface area contributed by atoms with Crippen LogP contribution in [0.5, 0.6) is 5.75 Å². The van der Waals surface area contributed by atoms with Crippen molar-refractivity contribution in [1.29, 1.82) is 0 Å². The number of amides is 2. The third kappa shape index (κ3) is 7.54. The maximum atomic E-state index is 13.0. The zero-order chi connectivity index (χ0) is 22.1. The van der Waals surface area contributed by atoms with Gasteiger partial charge in [-0.05, 0) is 61.9 Å². The molecule has 30 heavy (non-hydrogen) atoms. The van der Waals surface area contributed by atoms with Gasteiger partial charge in [0.25, 0.3) is 5.91 Å². The quantitative estimate of drug-likeness (QED) is 0.646. The molecule has 162 valence electrons. The SMILES string of the molecule is Cc1cc(C)cc(OCC(=O)N(CCc2ccccc2)C(C)C(=O)NCC(C)C)c1. The van der Waals surface area contributed by atoms with Crippen molar-refractivity contribution in [3.8, 4) is 5.75 Å². The maximum Gasteiger partial charge on any atom is 0.261 e. The number of nitrogens with zero attached hydrogens (tertiary/aromatic N) is 1. The highest BCUT2D eigenvalue weighted by Gasteiger charge is 2.26. The molecule has 1 unspecified atom stereocenters. The Hall–Kier alpha value is -2.82. The van der Waals surface area contributed by atoms with Crippen molar-refractivity contribution in [2.45, 2.75) is 47.1 Å². The second-order valence-corrected chi connectivity index (χ2v) is 8.25. The van der Waals surface area contributed by atoms with Crippen LogP contribution in [0.3, 0.4) is 0 Å². The lowest BCUT2D eigenvalue weighted by molar-refractivity contribution is -0.141. The highest BCUT2D eigenvalue weighted by molar-refractivity contribution is 5.88. The molecule has 2 aromatic rings. The van der Waals surface area contributed by atoms with E-state index in [0.29, 0.717) is 31.2 Å². The Bertz CT molecular complexity index is 813. The van der Waals surface area contributed by atoms with Crippen LogP contribution in [-0.2, 0) is 16.0 Å². The smallest absolute Gasteiger partial charge is 0.261 e. The minimum absolute atomic E-state index is 0.0977. The lowest BCUT2D eigenvalue weighted by Gasteiger charge is -2.29. The summed E-state index contributed by atoms with van der Waals surface area (Å²) in [5.41, 5.74) is 3.29.